The van der Waals surface area contributed by atoms with E-state index in [1.165, 1.54) is 0 Å². The van der Waals surface area contributed by atoms with Crippen LogP contribution >= 0.6 is 0 Å². The molecule has 2 N–H and O–H groups in total. The zero-order valence-electron chi connectivity index (χ0n) is 10.1. The molecule has 0 spiro atoms. The molecule has 1 rings (SSSR count). The first kappa shape index (κ1) is 12.8. The van der Waals surface area contributed by atoms with Gasteiger partial charge < -0.3 is 10.1 Å². The van der Waals surface area contributed by atoms with Gasteiger partial charge >= 0.3 is 5.97 Å². The molecule has 0 fully saturated rings. The zero-order valence-corrected chi connectivity index (χ0v) is 10.1. The molecular weight excluding hydrogens is 204 g/mol. The second-order valence-electron chi connectivity index (χ2n) is 4.58. The number of aromatic amines is 1. The van der Waals surface area contributed by atoms with Crippen LogP contribution in [0.1, 0.15) is 19.5 Å². The largest absolute Gasteiger partial charge is 0.481 e. The Morgan fingerprint density at radius 2 is 2.25 bits per heavy atom. The number of H-pyrrole nitrogens is 1. The first-order valence-electron chi connectivity index (χ1n) is 5.54. The van der Waals surface area contributed by atoms with E-state index in [1.807, 2.05) is 44.1 Å². The average molecular weight is 224 g/mol. The van der Waals surface area contributed by atoms with E-state index >= 15 is 0 Å². The van der Waals surface area contributed by atoms with Crippen LogP contribution in [-0.2, 0) is 11.3 Å². The van der Waals surface area contributed by atoms with E-state index in [0.29, 0.717) is 6.54 Å². The third-order valence-corrected chi connectivity index (χ3v) is 2.73. The number of nitrogens with zero attached hydrogens (tertiary/aromatic N) is 1. The van der Waals surface area contributed by atoms with Crippen molar-refractivity contribution in [1.82, 2.24) is 9.88 Å². The Hall–Kier alpha value is -1.29. The minimum absolute atomic E-state index is 0.156. The summed E-state index contributed by atoms with van der Waals surface area (Å²) in [5.74, 6) is -0.864. The molecule has 16 heavy (non-hydrogen) atoms. The molecule has 0 bridgehead atoms. The summed E-state index contributed by atoms with van der Waals surface area (Å²) in [4.78, 5) is 16.2. The lowest BCUT2D eigenvalue weighted by Gasteiger charge is -2.23. The van der Waals surface area contributed by atoms with E-state index in [0.717, 1.165) is 12.2 Å². The summed E-state index contributed by atoms with van der Waals surface area (Å²) in [5.41, 5.74) is 1.11. The smallest absolute Gasteiger partial charge is 0.308 e. The van der Waals surface area contributed by atoms with Gasteiger partial charge in [-0.25, -0.2) is 0 Å². The van der Waals surface area contributed by atoms with Crippen LogP contribution in [0.4, 0.5) is 0 Å². The van der Waals surface area contributed by atoms with E-state index in [4.69, 9.17) is 5.11 Å². The normalized spacial score (nSPS) is 13.3. The Morgan fingerprint density at radius 3 is 2.69 bits per heavy atom. The lowest BCUT2D eigenvalue weighted by atomic mass is 9.95. The highest BCUT2D eigenvalue weighted by Gasteiger charge is 2.22. The van der Waals surface area contributed by atoms with Gasteiger partial charge in [0.25, 0.3) is 0 Å². The molecule has 0 saturated carbocycles. The molecule has 0 aromatic carbocycles. The number of hydrogen-bond donors (Lipinski definition) is 2. The van der Waals surface area contributed by atoms with Crippen LogP contribution in [0.2, 0.25) is 0 Å². The van der Waals surface area contributed by atoms with Crippen LogP contribution in [0, 0.1) is 11.8 Å². The quantitative estimate of drug-likeness (QED) is 0.774. The summed E-state index contributed by atoms with van der Waals surface area (Å²) in [5, 5.41) is 9.08. The summed E-state index contributed by atoms with van der Waals surface area (Å²) >= 11 is 0. The molecule has 1 heterocycles. The van der Waals surface area contributed by atoms with Gasteiger partial charge in [0.2, 0.25) is 0 Å². The van der Waals surface area contributed by atoms with Gasteiger partial charge in [-0.15, -0.1) is 0 Å². The Morgan fingerprint density at radius 1 is 1.56 bits per heavy atom. The second-order valence-corrected chi connectivity index (χ2v) is 4.58. The van der Waals surface area contributed by atoms with E-state index < -0.39 is 5.97 Å². The predicted octanol–water partition coefficient (Wildman–Crippen LogP) is 1.80. The van der Waals surface area contributed by atoms with Gasteiger partial charge in [0.15, 0.2) is 0 Å². The van der Waals surface area contributed by atoms with Gasteiger partial charge in [0.05, 0.1) is 5.92 Å². The fraction of sp³-hybridized carbons (Fsp3) is 0.583. The Balaban J connectivity index is 2.49. The molecule has 1 aromatic heterocycles. The van der Waals surface area contributed by atoms with Gasteiger partial charge in [-0.05, 0) is 25.1 Å². The fourth-order valence-corrected chi connectivity index (χ4v) is 1.73. The number of aliphatic carboxylic acids is 1. The SMILES string of the molecule is CC(C)C(CN(C)Cc1ccc[nH]1)C(=O)O. The van der Waals surface area contributed by atoms with Crippen LogP contribution in [-0.4, -0.2) is 34.6 Å². The standard InChI is InChI=1S/C12H20N2O2/c1-9(2)11(12(15)16)8-14(3)7-10-5-4-6-13-10/h4-6,9,11,13H,7-8H2,1-3H3,(H,15,16). The van der Waals surface area contributed by atoms with Crippen LogP contribution in [0.3, 0.4) is 0 Å². The lowest BCUT2D eigenvalue weighted by Crippen LogP contribution is -2.33. The maximum Gasteiger partial charge on any atom is 0.308 e. The molecule has 0 saturated heterocycles. The lowest BCUT2D eigenvalue weighted by molar-refractivity contribution is -0.144. The molecule has 0 aliphatic carbocycles. The molecule has 1 unspecified atom stereocenters. The maximum atomic E-state index is 11.0. The number of rotatable bonds is 6. The monoisotopic (exact) mass is 224 g/mol. The van der Waals surface area contributed by atoms with E-state index in [1.54, 1.807) is 0 Å². The summed E-state index contributed by atoms with van der Waals surface area (Å²) in [6.07, 6.45) is 1.88. The van der Waals surface area contributed by atoms with Gasteiger partial charge in [0, 0.05) is 25.0 Å². The zero-order chi connectivity index (χ0) is 12.1. The summed E-state index contributed by atoms with van der Waals surface area (Å²) < 4.78 is 0. The molecule has 1 atom stereocenters. The molecule has 0 radical (unpaired) electrons. The minimum Gasteiger partial charge on any atom is -0.481 e. The molecule has 0 aliphatic heterocycles. The highest BCUT2D eigenvalue weighted by atomic mass is 16.4. The number of aromatic nitrogens is 1. The van der Waals surface area contributed by atoms with Gasteiger partial charge in [-0.2, -0.15) is 0 Å². The van der Waals surface area contributed by atoms with Crippen molar-refractivity contribution < 1.29 is 9.90 Å². The molecule has 4 heteroatoms. The first-order chi connectivity index (χ1) is 7.50. The van der Waals surface area contributed by atoms with Crippen molar-refractivity contribution in [2.75, 3.05) is 13.6 Å². The molecular formula is C12H20N2O2. The fourth-order valence-electron chi connectivity index (χ4n) is 1.73. The highest BCUT2D eigenvalue weighted by Crippen LogP contribution is 2.13. The number of nitrogens with one attached hydrogen (secondary N) is 1. The van der Waals surface area contributed by atoms with Gasteiger partial charge in [-0.3, -0.25) is 9.69 Å². The van der Waals surface area contributed by atoms with Crippen molar-refractivity contribution in [2.24, 2.45) is 11.8 Å². The minimum atomic E-state index is -0.715. The third-order valence-electron chi connectivity index (χ3n) is 2.73. The number of carboxylic acids is 1. The molecule has 4 nitrogen and oxygen atoms in total. The van der Waals surface area contributed by atoms with Crippen molar-refractivity contribution in [2.45, 2.75) is 20.4 Å². The predicted molar refractivity (Wildman–Crippen MR) is 63.1 cm³/mol. The van der Waals surface area contributed by atoms with Crippen LogP contribution < -0.4 is 0 Å². The summed E-state index contributed by atoms with van der Waals surface area (Å²) in [6, 6.07) is 3.95. The van der Waals surface area contributed by atoms with E-state index in [9.17, 15) is 4.79 Å². The molecule has 0 aliphatic rings. The van der Waals surface area contributed by atoms with Crippen molar-refractivity contribution >= 4 is 5.97 Å². The summed E-state index contributed by atoms with van der Waals surface area (Å²) in [7, 11) is 1.94. The number of carbonyl (C=O) groups is 1. The third kappa shape index (κ3) is 3.70. The highest BCUT2D eigenvalue weighted by molar-refractivity contribution is 5.70. The van der Waals surface area contributed by atoms with Crippen molar-refractivity contribution in [1.29, 1.82) is 0 Å². The van der Waals surface area contributed by atoms with Crippen molar-refractivity contribution in [3.8, 4) is 0 Å². The van der Waals surface area contributed by atoms with E-state index in [2.05, 4.69) is 4.98 Å². The Bertz CT molecular complexity index is 320. The molecule has 90 valence electrons. The number of hydrogen-bond acceptors (Lipinski definition) is 2. The van der Waals surface area contributed by atoms with Crippen LogP contribution in [0.15, 0.2) is 18.3 Å². The first-order valence-corrected chi connectivity index (χ1v) is 5.54. The average Bonchev–Trinajstić information content (AvgIpc) is 2.65. The van der Waals surface area contributed by atoms with Crippen molar-refractivity contribution in [3.05, 3.63) is 24.0 Å². The summed E-state index contributed by atoms with van der Waals surface area (Å²) in [6.45, 7) is 5.22. The molecule has 1 aromatic rings. The van der Waals surface area contributed by atoms with E-state index in [-0.39, 0.29) is 11.8 Å². The Labute approximate surface area is 96.3 Å². The Kier molecular flexibility index (Phi) is 4.55. The number of carboxylic acid groups (broad SMARTS) is 1. The van der Waals surface area contributed by atoms with Crippen molar-refractivity contribution in [3.63, 3.8) is 0 Å². The van der Waals surface area contributed by atoms with Crippen LogP contribution in [0.5, 0.6) is 0 Å². The topological polar surface area (TPSA) is 56.3 Å². The second kappa shape index (κ2) is 5.70. The molecule has 0 amide bonds. The van der Waals surface area contributed by atoms with Gasteiger partial charge in [0.1, 0.15) is 0 Å². The van der Waals surface area contributed by atoms with Gasteiger partial charge in [-0.1, -0.05) is 13.8 Å². The van der Waals surface area contributed by atoms with Crippen LogP contribution in [0.25, 0.3) is 0 Å². The maximum absolute atomic E-state index is 11.0.